The Morgan fingerprint density at radius 2 is 1.74 bits per heavy atom. The minimum atomic E-state index is -0.449. The SMILES string of the molecule is CCOc1cc(CN2CCC(Nc3cc(OC(C)=O)nc(Cl)n3)CC2)cc(OCC)c1. The smallest absolute Gasteiger partial charge is 0.309 e. The molecule has 2 aromatic rings. The van der Waals surface area contributed by atoms with Gasteiger partial charge in [0.15, 0.2) is 0 Å². The number of likely N-dealkylation sites (tertiary alicyclic amines) is 1. The van der Waals surface area contributed by atoms with E-state index in [0.717, 1.165) is 44.0 Å². The maximum Gasteiger partial charge on any atom is 0.309 e. The standard InChI is InChI=1S/C22H29ClN4O4/c1-4-29-18-10-16(11-19(12-18)30-5-2)14-27-8-6-17(7-9-27)24-20-13-21(31-15(3)28)26-22(23)25-20/h10-13,17H,4-9,14H2,1-3H3,(H,24,25,26). The van der Waals surface area contributed by atoms with E-state index in [-0.39, 0.29) is 17.2 Å². The van der Waals surface area contributed by atoms with E-state index in [9.17, 15) is 4.79 Å². The largest absolute Gasteiger partial charge is 0.494 e. The van der Waals surface area contributed by atoms with Crippen LogP contribution in [0.2, 0.25) is 5.28 Å². The Kier molecular flexibility index (Phi) is 8.31. The fraction of sp³-hybridized carbons (Fsp3) is 0.500. The van der Waals surface area contributed by atoms with Gasteiger partial charge in [0, 0.05) is 44.7 Å². The molecule has 9 heteroatoms. The van der Waals surface area contributed by atoms with Crippen molar-refractivity contribution in [2.45, 2.75) is 46.2 Å². The predicted octanol–water partition coefficient (Wildman–Crippen LogP) is 3.93. The molecule has 1 aromatic heterocycles. The van der Waals surface area contributed by atoms with E-state index in [2.05, 4.69) is 32.3 Å². The van der Waals surface area contributed by atoms with Crippen molar-refractivity contribution in [3.63, 3.8) is 0 Å². The van der Waals surface area contributed by atoms with Gasteiger partial charge in [-0.1, -0.05) is 0 Å². The van der Waals surface area contributed by atoms with Crippen LogP contribution in [0.3, 0.4) is 0 Å². The van der Waals surface area contributed by atoms with Crippen molar-refractivity contribution in [3.8, 4) is 17.4 Å². The first kappa shape index (κ1) is 23.1. The molecular weight excluding hydrogens is 420 g/mol. The molecule has 168 valence electrons. The molecule has 3 rings (SSSR count). The number of rotatable bonds is 9. The van der Waals surface area contributed by atoms with Gasteiger partial charge in [-0.15, -0.1) is 0 Å². The number of nitrogens with one attached hydrogen (secondary N) is 1. The fourth-order valence-corrected chi connectivity index (χ4v) is 3.77. The van der Waals surface area contributed by atoms with Gasteiger partial charge in [-0.2, -0.15) is 4.98 Å². The first-order valence-electron chi connectivity index (χ1n) is 10.6. The third kappa shape index (κ3) is 7.25. The molecule has 0 radical (unpaired) electrons. The lowest BCUT2D eigenvalue weighted by atomic mass is 10.0. The summed E-state index contributed by atoms with van der Waals surface area (Å²) in [6.07, 6.45) is 1.90. The number of hydrogen-bond acceptors (Lipinski definition) is 8. The zero-order valence-electron chi connectivity index (χ0n) is 18.2. The number of hydrogen-bond donors (Lipinski definition) is 1. The highest BCUT2D eigenvalue weighted by Crippen LogP contribution is 2.26. The number of anilines is 1. The number of esters is 1. The summed E-state index contributed by atoms with van der Waals surface area (Å²) in [6, 6.07) is 7.93. The summed E-state index contributed by atoms with van der Waals surface area (Å²) in [5, 5.41) is 3.42. The van der Waals surface area contributed by atoms with E-state index >= 15 is 0 Å². The lowest BCUT2D eigenvalue weighted by Gasteiger charge is -2.32. The summed E-state index contributed by atoms with van der Waals surface area (Å²) >= 11 is 5.95. The lowest BCUT2D eigenvalue weighted by Crippen LogP contribution is -2.38. The van der Waals surface area contributed by atoms with Gasteiger partial charge < -0.3 is 19.5 Å². The van der Waals surface area contributed by atoms with E-state index in [1.165, 1.54) is 12.5 Å². The highest BCUT2D eigenvalue weighted by molar-refractivity contribution is 6.28. The first-order valence-corrected chi connectivity index (χ1v) is 10.9. The zero-order chi connectivity index (χ0) is 22.2. The molecule has 0 bridgehead atoms. The molecule has 0 spiro atoms. The van der Waals surface area contributed by atoms with Crippen molar-refractivity contribution in [2.75, 3.05) is 31.6 Å². The highest BCUT2D eigenvalue weighted by Gasteiger charge is 2.20. The maximum atomic E-state index is 11.2. The summed E-state index contributed by atoms with van der Waals surface area (Å²) in [5.74, 6) is 1.93. The molecule has 0 unspecified atom stereocenters. The van der Waals surface area contributed by atoms with Crippen LogP contribution >= 0.6 is 11.6 Å². The van der Waals surface area contributed by atoms with Gasteiger partial charge in [0.2, 0.25) is 11.2 Å². The van der Waals surface area contributed by atoms with Crippen LogP contribution in [0.5, 0.6) is 17.4 Å². The average Bonchev–Trinajstić information content (AvgIpc) is 2.69. The second kappa shape index (κ2) is 11.2. The third-order valence-corrected chi connectivity index (χ3v) is 5.00. The minimum Gasteiger partial charge on any atom is -0.494 e. The molecule has 1 aliphatic rings. The summed E-state index contributed by atoms with van der Waals surface area (Å²) < 4.78 is 16.4. The van der Waals surface area contributed by atoms with Crippen LogP contribution in [0.15, 0.2) is 24.3 Å². The minimum absolute atomic E-state index is 0.0398. The molecule has 0 aliphatic carbocycles. The third-order valence-electron chi connectivity index (χ3n) is 4.83. The van der Waals surface area contributed by atoms with Gasteiger partial charge in [0.25, 0.3) is 0 Å². The number of benzene rings is 1. The van der Waals surface area contributed by atoms with E-state index in [1.807, 2.05) is 19.9 Å². The van der Waals surface area contributed by atoms with E-state index < -0.39 is 5.97 Å². The molecular formula is C22H29ClN4O4. The van der Waals surface area contributed by atoms with Crippen LogP contribution in [0.4, 0.5) is 5.82 Å². The van der Waals surface area contributed by atoms with Crippen molar-refractivity contribution >= 4 is 23.4 Å². The van der Waals surface area contributed by atoms with Crippen molar-refractivity contribution in [2.24, 2.45) is 0 Å². The molecule has 8 nitrogen and oxygen atoms in total. The Hall–Kier alpha value is -2.58. The molecule has 1 aromatic carbocycles. The molecule has 0 atom stereocenters. The van der Waals surface area contributed by atoms with Crippen LogP contribution < -0.4 is 19.5 Å². The Morgan fingerprint density at radius 3 is 2.32 bits per heavy atom. The predicted molar refractivity (Wildman–Crippen MR) is 119 cm³/mol. The molecule has 1 fully saturated rings. The van der Waals surface area contributed by atoms with E-state index in [4.69, 9.17) is 25.8 Å². The normalized spacial score (nSPS) is 14.8. The number of halogens is 1. The molecule has 31 heavy (non-hydrogen) atoms. The highest BCUT2D eigenvalue weighted by atomic mass is 35.5. The second-order valence-electron chi connectivity index (χ2n) is 7.33. The molecule has 1 aliphatic heterocycles. The molecule has 1 saturated heterocycles. The molecule has 1 N–H and O–H groups in total. The van der Waals surface area contributed by atoms with E-state index in [1.54, 1.807) is 6.07 Å². The number of aromatic nitrogens is 2. The van der Waals surface area contributed by atoms with Crippen LogP contribution in [0, 0.1) is 0 Å². The number of carbonyl (C=O) groups is 1. The first-order chi connectivity index (χ1) is 14.9. The van der Waals surface area contributed by atoms with Crippen LogP contribution in [-0.4, -0.2) is 53.2 Å². The number of ether oxygens (including phenoxy) is 3. The van der Waals surface area contributed by atoms with Crippen LogP contribution in [-0.2, 0) is 11.3 Å². The topological polar surface area (TPSA) is 85.8 Å². The van der Waals surface area contributed by atoms with Crippen molar-refractivity contribution in [1.29, 1.82) is 0 Å². The molecule has 0 amide bonds. The molecule has 0 saturated carbocycles. The summed E-state index contributed by atoms with van der Waals surface area (Å²) in [7, 11) is 0. The summed E-state index contributed by atoms with van der Waals surface area (Å²) in [4.78, 5) is 21.7. The Balaban J connectivity index is 1.56. The molecule has 2 heterocycles. The number of nitrogens with zero attached hydrogens (tertiary/aromatic N) is 3. The van der Waals surface area contributed by atoms with Crippen LogP contribution in [0.25, 0.3) is 0 Å². The fourth-order valence-electron chi connectivity index (χ4n) is 3.60. The van der Waals surface area contributed by atoms with Gasteiger partial charge in [-0.3, -0.25) is 9.69 Å². The number of piperidine rings is 1. The quantitative estimate of drug-likeness (QED) is 0.456. The lowest BCUT2D eigenvalue weighted by molar-refractivity contribution is -0.132. The van der Waals surface area contributed by atoms with Gasteiger partial charge in [-0.25, -0.2) is 4.98 Å². The second-order valence-corrected chi connectivity index (χ2v) is 7.67. The van der Waals surface area contributed by atoms with Crippen LogP contribution in [0.1, 0.15) is 39.2 Å². The van der Waals surface area contributed by atoms with Gasteiger partial charge >= 0.3 is 5.97 Å². The van der Waals surface area contributed by atoms with Gasteiger partial charge in [0.1, 0.15) is 17.3 Å². The maximum absolute atomic E-state index is 11.2. The zero-order valence-corrected chi connectivity index (χ0v) is 18.9. The average molecular weight is 449 g/mol. The van der Waals surface area contributed by atoms with Crippen molar-refractivity contribution in [1.82, 2.24) is 14.9 Å². The summed E-state index contributed by atoms with van der Waals surface area (Å²) in [6.45, 7) is 9.24. The number of carbonyl (C=O) groups excluding carboxylic acids is 1. The van der Waals surface area contributed by atoms with Gasteiger partial charge in [-0.05, 0) is 56.0 Å². The van der Waals surface area contributed by atoms with Gasteiger partial charge in [0.05, 0.1) is 13.2 Å². The monoisotopic (exact) mass is 448 g/mol. The Bertz CT molecular complexity index is 864. The van der Waals surface area contributed by atoms with Crippen molar-refractivity contribution in [3.05, 3.63) is 35.1 Å². The van der Waals surface area contributed by atoms with Crippen molar-refractivity contribution < 1.29 is 19.0 Å². The van der Waals surface area contributed by atoms with E-state index in [0.29, 0.717) is 19.0 Å². The Morgan fingerprint density at radius 1 is 1.10 bits per heavy atom. The Labute approximate surface area is 187 Å². The summed E-state index contributed by atoms with van der Waals surface area (Å²) in [5.41, 5.74) is 1.18.